The SMILES string of the molecule is CCNC(=NCCNC(C)(C)C)N1CCC2(CCOC2)C1. The van der Waals surface area contributed by atoms with E-state index >= 15 is 0 Å². The molecule has 2 heterocycles. The van der Waals surface area contributed by atoms with Crippen LogP contribution < -0.4 is 10.6 Å². The van der Waals surface area contributed by atoms with Gasteiger partial charge in [-0.2, -0.15) is 0 Å². The summed E-state index contributed by atoms with van der Waals surface area (Å²) < 4.78 is 5.61. The summed E-state index contributed by atoms with van der Waals surface area (Å²) in [5.74, 6) is 1.07. The van der Waals surface area contributed by atoms with Crippen LogP contribution in [-0.2, 0) is 4.74 Å². The van der Waals surface area contributed by atoms with Gasteiger partial charge in [-0.3, -0.25) is 4.99 Å². The lowest BCUT2D eigenvalue weighted by molar-refractivity contribution is 0.156. The first-order valence-corrected chi connectivity index (χ1v) is 8.30. The summed E-state index contributed by atoms with van der Waals surface area (Å²) >= 11 is 0. The van der Waals surface area contributed by atoms with Crippen molar-refractivity contribution < 1.29 is 4.74 Å². The number of hydrogen-bond acceptors (Lipinski definition) is 3. The quantitative estimate of drug-likeness (QED) is 0.468. The molecule has 0 bridgehead atoms. The number of ether oxygens (including phenoxy) is 1. The van der Waals surface area contributed by atoms with Crippen LogP contribution >= 0.6 is 0 Å². The second-order valence-electron chi connectivity index (χ2n) is 7.39. The van der Waals surface area contributed by atoms with Gasteiger partial charge in [0.25, 0.3) is 0 Å². The number of aliphatic imine (C=N–C) groups is 1. The molecule has 1 spiro atoms. The zero-order chi connectivity index (χ0) is 15.3. The van der Waals surface area contributed by atoms with Crippen molar-refractivity contribution in [1.82, 2.24) is 15.5 Å². The Morgan fingerprint density at radius 3 is 2.76 bits per heavy atom. The molecular formula is C16H32N4O. The Kier molecular flexibility index (Phi) is 5.49. The first kappa shape index (κ1) is 16.6. The van der Waals surface area contributed by atoms with Crippen molar-refractivity contribution in [1.29, 1.82) is 0 Å². The summed E-state index contributed by atoms with van der Waals surface area (Å²) in [6, 6.07) is 0. The molecule has 122 valence electrons. The minimum absolute atomic E-state index is 0.159. The monoisotopic (exact) mass is 296 g/mol. The fourth-order valence-electron chi connectivity index (χ4n) is 3.11. The van der Waals surface area contributed by atoms with Gasteiger partial charge in [-0.25, -0.2) is 0 Å². The summed E-state index contributed by atoms with van der Waals surface area (Å²) in [5.41, 5.74) is 0.548. The summed E-state index contributed by atoms with van der Waals surface area (Å²) in [6.07, 6.45) is 2.44. The van der Waals surface area contributed by atoms with Gasteiger partial charge in [0.05, 0.1) is 13.2 Å². The van der Waals surface area contributed by atoms with Gasteiger partial charge in [0.15, 0.2) is 5.96 Å². The number of nitrogens with one attached hydrogen (secondary N) is 2. The second-order valence-corrected chi connectivity index (χ2v) is 7.39. The third-order valence-electron chi connectivity index (χ3n) is 4.29. The van der Waals surface area contributed by atoms with E-state index in [9.17, 15) is 0 Å². The molecule has 2 saturated heterocycles. The Bertz CT molecular complexity index is 356. The molecule has 2 aliphatic heterocycles. The van der Waals surface area contributed by atoms with Crippen LogP contribution in [-0.4, -0.2) is 62.3 Å². The molecular weight excluding hydrogens is 264 g/mol. The van der Waals surface area contributed by atoms with Gasteiger partial charge in [0.2, 0.25) is 0 Å². The molecule has 5 heteroatoms. The van der Waals surface area contributed by atoms with E-state index in [0.29, 0.717) is 5.41 Å². The van der Waals surface area contributed by atoms with Gasteiger partial charge in [0.1, 0.15) is 0 Å². The summed E-state index contributed by atoms with van der Waals surface area (Å²) in [7, 11) is 0. The van der Waals surface area contributed by atoms with E-state index < -0.39 is 0 Å². The predicted molar refractivity (Wildman–Crippen MR) is 87.8 cm³/mol. The fraction of sp³-hybridized carbons (Fsp3) is 0.938. The summed E-state index contributed by atoms with van der Waals surface area (Å²) in [5, 5.41) is 6.92. The van der Waals surface area contributed by atoms with Crippen LogP contribution in [0.15, 0.2) is 4.99 Å². The van der Waals surface area contributed by atoms with E-state index in [-0.39, 0.29) is 5.54 Å². The molecule has 21 heavy (non-hydrogen) atoms. The maximum Gasteiger partial charge on any atom is 0.193 e. The van der Waals surface area contributed by atoms with Crippen molar-refractivity contribution in [2.45, 2.75) is 46.1 Å². The molecule has 5 nitrogen and oxygen atoms in total. The maximum atomic E-state index is 5.61. The number of likely N-dealkylation sites (tertiary alicyclic amines) is 1. The number of hydrogen-bond donors (Lipinski definition) is 2. The third-order valence-corrected chi connectivity index (χ3v) is 4.29. The zero-order valence-electron chi connectivity index (χ0n) is 14.2. The average molecular weight is 296 g/mol. The molecule has 0 aliphatic carbocycles. The lowest BCUT2D eigenvalue weighted by Crippen LogP contribution is -2.42. The summed E-state index contributed by atoms with van der Waals surface area (Å²) in [4.78, 5) is 7.19. The van der Waals surface area contributed by atoms with E-state index in [1.807, 2.05) is 0 Å². The molecule has 0 radical (unpaired) electrons. The highest BCUT2D eigenvalue weighted by molar-refractivity contribution is 5.80. The van der Waals surface area contributed by atoms with Crippen molar-refractivity contribution in [3.05, 3.63) is 0 Å². The van der Waals surface area contributed by atoms with Crippen LogP contribution in [0.5, 0.6) is 0 Å². The highest BCUT2D eigenvalue weighted by Crippen LogP contribution is 2.38. The van der Waals surface area contributed by atoms with Gasteiger partial charge in [0, 0.05) is 43.7 Å². The first-order chi connectivity index (χ1) is 9.94. The minimum atomic E-state index is 0.159. The van der Waals surface area contributed by atoms with Crippen molar-refractivity contribution in [3.63, 3.8) is 0 Å². The molecule has 1 atom stereocenters. The molecule has 2 N–H and O–H groups in total. The molecule has 2 aliphatic rings. The summed E-state index contributed by atoms with van der Waals surface area (Å²) in [6.45, 7) is 15.4. The zero-order valence-corrected chi connectivity index (χ0v) is 14.2. The molecule has 1 unspecified atom stereocenters. The lowest BCUT2D eigenvalue weighted by Gasteiger charge is -2.25. The molecule has 0 aromatic carbocycles. The van der Waals surface area contributed by atoms with Crippen molar-refractivity contribution in [2.75, 3.05) is 45.9 Å². The highest BCUT2D eigenvalue weighted by Gasteiger charge is 2.42. The normalized spacial score (nSPS) is 26.9. The molecule has 2 rings (SSSR count). The van der Waals surface area contributed by atoms with Crippen LogP contribution in [0.25, 0.3) is 0 Å². The third kappa shape index (κ3) is 4.85. The van der Waals surface area contributed by atoms with Gasteiger partial charge in [-0.15, -0.1) is 0 Å². The van der Waals surface area contributed by atoms with Crippen LogP contribution in [0, 0.1) is 5.41 Å². The second kappa shape index (κ2) is 6.97. The average Bonchev–Trinajstić information content (AvgIpc) is 3.03. The Morgan fingerprint density at radius 2 is 2.14 bits per heavy atom. The van der Waals surface area contributed by atoms with Crippen LogP contribution in [0.2, 0.25) is 0 Å². The Morgan fingerprint density at radius 1 is 1.33 bits per heavy atom. The highest BCUT2D eigenvalue weighted by atomic mass is 16.5. The largest absolute Gasteiger partial charge is 0.381 e. The number of nitrogens with zero attached hydrogens (tertiary/aromatic N) is 2. The predicted octanol–water partition coefficient (Wildman–Crippen LogP) is 1.45. The Balaban J connectivity index is 1.86. The minimum Gasteiger partial charge on any atom is -0.381 e. The molecule has 0 aromatic rings. The molecule has 0 amide bonds. The molecule has 2 fully saturated rings. The molecule has 0 saturated carbocycles. The van der Waals surface area contributed by atoms with E-state index in [2.05, 4.69) is 43.2 Å². The fourth-order valence-corrected chi connectivity index (χ4v) is 3.11. The van der Waals surface area contributed by atoms with Crippen LogP contribution in [0.3, 0.4) is 0 Å². The number of rotatable bonds is 4. The first-order valence-electron chi connectivity index (χ1n) is 8.30. The standard InChI is InChI=1S/C16H32N4O/c1-5-17-14(18-8-9-19-15(2,3)4)20-10-6-16(12-20)7-11-21-13-16/h19H,5-13H2,1-4H3,(H,17,18). The van der Waals surface area contributed by atoms with Gasteiger partial charge >= 0.3 is 0 Å². The van der Waals surface area contributed by atoms with Crippen molar-refractivity contribution >= 4 is 5.96 Å². The van der Waals surface area contributed by atoms with E-state index in [0.717, 1.165) is 51.9 Å². The van der Waals surface area contributed by atoms with E-state index in [1.54, 1.807) is 0 Å². The van der Waals surface area contributed by atoms with Gasteiger partial charge in [-0.05, 0) is 40.5 Å². The topological polar surface area (TPSA) is 48.9 Å². The van der Waals surface area contributed by atoms with Crippen LogP contribution in [0.1, 0.15) is 40.5 Å². The van der Waals surface area contributed by atoms with Gasteiger partial charge in [-0.1, -0.05) is 0 Å². The van der Waals surface area contributed by atoms with Crippen LogP contribution in [0.4, 0.5) is 0 Å². The lowest BCUT2D eigenvalue weighted by atomic mass is 9.87. The Labute approximate surface area is 129 Å². The number of guanidine groups is 1. The van der Waals surface area contributed by atoms with E-state index in [4.69, 9.17) is 9.73 Å². The Hall–Kier alpha value is -0.810. The maximum absolute atomic E-state index is 5.61. The van der Waals surface area contributed by atoms with Crippen molar-refractivity contribution in [2.24, 2.45) is 10.4 Å². The smallest absolute Gasteiger partial charge is 0.193 e. The van der Waals surface area contributed by atoms with E-state index in [1.165, 1.54) is 12.8 Å². The van der Waals surface area contributed by atoms with Gasteiger partial charge < -0.3 is 20.3 Å². The molecule has 0 aromatic heterocycles. The van der Waals surface area contributed by atoms with Crippen molar-refractivity contribution in [3.8, 4) is 0 Å².